The predicted molar refractivity (Wildman–Crippen MR) is 203 cm³/mol. The number of allylic oxidation sites excluding steroid dienone is 8. The van der Waals surface area contributed by atoms with Crippen molar-refractivity contribution in [3.05, 3.63) is 95.8 Å². The van der Waals surface area contributed by atoms with Gasteiger partial charge >= 0.3 is 5.97 Å². The van der Waals surface area contributed by atoms with Gasteiger partial charge in [-0.05, 0) is 75.6 Å². The Morgan fingerprint density at radius 2 is 1.63 bits per heavy atom. The average Bonchev–Trinajstić information content (AvgIpc) is 3.64. The van der Waals surface area contributed by atoms with Crippen LogP contribution in [0.3, 0.4) is 0 Å². The molecule has 0 atom stereocenters. The molecule has 2 amide bonds. The van der Waals surface area contributed by atoms with Crippen molar-refractivity contribution in [2.75, 3.05) is 18.0 Å². The van der Waals surface area contributed by atoms with Gasteiger partial charge in [-0.2, -0.15) is 13.0 Å². The van der Waals surface area contributed by atoms with E-state index in [1.165, 1.54) is 6.07 Å². The number of hydrogen-bond acceptors (Lipinski definition) is 11. The fourth-order valence-electron chi connectivity index (χ4n) is 7.16. The summed E-state index contributed by atoms with van der Waals surface area (Å²) < 4.78 is 40.2. The third kappa shape index (κ3) is 8.77. The number of benzene rings is 2. The number of anilines is 1. The first-order valence-electron chi connectivity index (χ1n) is 17.7. The van der Waals surface area contributed by atoms with Crippen LogP contribution in [-0.2, 0) is 49.5 Å². The number of rotatable bonds is 16. The lowest BCUT2D eigenvalue weighted by atomic mass is 9.81. The molecule has 0 saturated carbocycles. The zero-order valence-electron chi connectivity index (χ0n) is 31.0. The molecule has 0 aliphatic carbocycles. The molecule has 0 radical (unpaired) electrons. The van der Waals surface area contributed by atoms with E-state index >= 15 is 0 Å². The lowest BCUT2D eigenvalue weighted by Gasteiger charge is -2.25. The van der Waals surface area contributed by atoms with Crippen LogP contribution in [0, 0.1) is 0 Å². The van der Waals surface area contributed by atoms with Gasteiger partial charge in [0.05, 0.1) is 22.4 Å². The lowest BCUT2D eigenvalue weighted by molar-refractivity contribution is -0.438. The zero-order chi connectivity index (χ0) is 39.3. The summed E-state index contributed by atoms with van der Waals surface area (Å²) in [7, 11) is -4.33. The van der Waals surface area contributed by atoms with E-state index in [2.05, 4.69) is 38.8 Å². The molecule has 0 spiro atoms. The highest BCUT2D eigenvalue weighted by atomic mass is 32.2. The van der Waals surface area contributed by atoms with Crippen molar-refractivity contribution < 1.29 is 51.4 Å². The summed E-state index contributed by atoms with van der Waals surface area (Å²) in [5.74, 6) is -1.60. The molecule has 3 aliphatic rings. The average molecular weight is 781 g/mol. The van der Waals surface area contributed by atoms with Crippen molar-refractivity contribution in [1.29, 1.82) is 0 Å². The number of hydroxylamine groups is 2. The summed E-state index contributed by atoms with van der Waals surface area (Å²) >= 11 is 0.898. The lowest BCUT2D eigenvalue weighted by Crippen LogP contribution is -2.31. The van der Waals surface area contributed by atoms with Crippen LogP contribution < -0.4 is 4.90 Å². The fourth-order valence-corrected chi connectivity index (χ4v) is 8.07. The van der Waals surface area contributed by atoms with Crippen LogP contribution in [0.4, 0.5) is 11.4 Å². The van der Waals surface area contributed by atoms with Gasteiger partial charge in [0.1, 0.15) is 6.54 Å². The van der Waals surface area contributed by atoms with E-state index in [0.717, 1.165) is 63.7 Å². The number of carbonyl (C=O) groups excluding carboxylic acids is 3. The van der Waals surface area contributed by atoms with Crippen molar-refractivity contribution in [3.8, 4) is 0 Å². The van der Waals surface area contributed by atoms with E-state index < -0.39 is 38.7 Å². The highest BCUT2D eigenvalue weighted by Gasteiger charge is 2.44. The summed E-state index contributed by atoms with van der Waals surface area (Å²) in [5, 5.41) is 13.0. The van der Waals surface area contributed by atoms with Crippen LogP contribution in [0.25, 0.3) is 0 Å². The summed E-state index contributed by atoms with van der Waals surface area (Å²) in [6, 6.07) is 10.6. The molecule has 15 heteroatoms. The van der Waals surface area contributed by atoms with Crippen molar-refractivity contribution in [1.82, 2.24) is 5.06 Å². The van der Waals surface area contributed by atoms with E-state index in [1.54, 1.807) is 12.1 Å². The molecule has 5 rings (SSSR count). The van der Waals surface area contributed by atoms with Crippen molar-refractivity contribution in [3.63, 3.8) is 0 Å². The molecule has 1 fully saturated rings. The van der Waals surface area contributed by atoms with Gasteiger partial charge < -0.3 is 9.74 Å². The third-order valence-corrected chi connectivity index (χ3v) is 11.3. The number of unbranched alkanes of at least 4 members (excludes halogenated alkanes) is 2. The van der Waals surface area contributed by atoms with Crippen LogP contribution >= 0.6 is 12.0 Å². The first-order chi connectivity index (χ1) is 25.6. The van der Waals surface area contributed by atoms with Gasteiger partial charge in [0.25, 0.3) is 21.9 Å². The summed E-state index contributed by atoms with van der Waals surface area (Å²) in [6.07, 6.45) is 16.0. The molecular weight excluding hydrogens is 735 g/mol. The predicted octanol–water partition coefficient (Wildman–Crippen LogP) is 7.28. The monoisotopic (exact) mass is 780 g/mol. The second-order valence-corrected chi connectivity index (χ2v) is 16.3. The summed E-state index contributed by atoms with van der Waals surface area (Å²) in [6.45, 7) is 11.7. The molecule has 0 unspecified atom stereocenters. The largest absolute Gasteiger partial charge is 0.344 e. The van der Waals surface area contributed by atoms with Gasteiger partial charge in [0, 0.05) is 71.6 Å². The first kappa shape index (κ1) is 40.8. The number of nitrogens with zero attached hydrogens (tertiary/aromatic N) is 3. The topological polar surface area (TPSA) is 163 Å². The highest BCUT2D eigenvalue weighted by Crippen LogP contribution is 2.48. The molecule has 0 aromatic heterocycles. The van der Waals surface area contributed by atoms with E-state index in [4.69, 9.17) is 10.1 Å². The minimum absolute atomic E-state index is 0.0542. The van der Waals surface area contributed by atoms with E-state index in [9.17, 15) is 27.4 Å². The zero-order valence-corrected chi connectivity index (χ0v) is 32.6. The molecule has 13 nitrogen and oxygen atoms in total. The Kier molecular flexibility index (Phi) is 12.8. The van der Waals surface area contributed by atoms with Crippen molar-refractivity contribution in [2.45, 2.75) is 93.8 Å². The molecule has 1 saturated heterocycles. The summed E-state index contributed by atoms with van der Waals surface area (Å²) in [4.78, 5) is 43.5. The van der Waals surface area contributed by atoms with Crippen LogP contribution in [0.1, 0.15) is 84.3 Å². The maximum absolute atomic E-state index is 12.3. The number of hydrogen-bond donors (Lipinski definition) is 2. The van der Waals surface area contributed by atoms with Crippen LogP contribution in [0.15, 0.2) is 94.4 Å². The Hall–Kier alpha value is -4.38. The van der Waals surface area contributed by atoms with E-state index in [-0.39, 0.29) is 24.2 Å². The third-order valence-electron chi connectivity index (χ3n) is 9.92. The highest BCUT2D eigenvalue weighted by molar-refractivity contribution is 7.94. The Morgan fingerprint density at radius 3 is 2.31 bits per heavy atom. The van der Waals surface area contributed by atoms with E-state index in [1.807, 2.05) is 75.4 Å². The summed E-state index contributed by atoms with van der Waals surface area (Å²) in [5.41, 5.74) is 5.02. The second kappa shape index (κ2) is 17.0. The Bertz CT molecular complexity index is 2050. The van der Waals surface area contributed by atoms with Gasteiger partial charge in [-0.1, -0.05) is 49.3 Å². The normalized spacial score (nSPS) is 18.7. The quantitative estimate of drug-likeness (QED) is 0.0256. The molecule has 3 aliphatic heterocycles. The molecule has 3 heterocycles. The molecule has 2 N–H and O–H groups in total. The van der Waals surface area contributed by atoms with Crippen LogP contribution in [0.5, 0.6) is 0 Å². The van der Waals surface area contributed by atoms with E-state index in [0.29, 0.717) is 24.6 Å². The molecule has 0 bridgehead atoms. The molecule has 2 aromatic carbocycles. The standard InChI is InChI=1S/C39H45N3O10S2/c1-6-40-31-21-19-28(54(47,48)49)26-30(31)39(4,5)33(40)15-11-8-7-9-12-16-34-38(2,3)29-25-27(53-52-51-46)18-20-32(29)41(34)24-14-10-13-17-37(45)50-42-35(43)22-23-36(42)44/h7-9,11-12,15-16,18-21,25-26H,6,10,13-14,17,22-24H2,1-5H3,(H-,46,47,48,49)/p+1. The van der Waals surface area contributed by atoms with Crippen LogP contribution in [-0.4, -0.2) is 64.5 Å². The number of imide groups is 1. The second-order valence-electron chi connectivity index (χ2n) is 14.1. The SMILES string of the molecule is CCN1C(=CC=CC=CC=CC2=[N+](CCCCCC(=O)ON3C(=O)CCC3=O)c3ccc(SOOO)cc3C2(C)C)C(C)(C)c2cc(S(=O)(=O)O)ccc21. The Balaban J connectivity index is 1.28. The molecular formula is C39H46N3O10S2+. The fraction of sp³-hybridized carbons (Fsp3) is 0.385. The number of likely N-dealkylation sites (N-methyl/N-ethyl adjacent to an activating group) is 1. The van der Waals surface area contributed by atoms with Gasteiger partial charge in [-0.25, -0.2) is 10.1 Å². The maximum Gasteiger partial charge on any atom is 0.333 e. The molecule has 288 valence electrons. The Morgan fingerprint density at radius 1 is 0.926 bits per heavy atom. The van der Waals surface area contributed by atoms with Crippen molar-refractivity contribution >= 4 is 57.0 Å². The van der Waals surface area contributed by atoms with Crippen molar-refractivity contribution in [2.24, 2.45) is 0 Å². The smallest absolute Gasteiger partial charge is 0.333 e. The number of amides is 2. The molecule has 2 aromatic rings. The van der Waals surface area contributed by atoms with Gasteiger partial charge in [0.15, 0.2) is 5.71 Å². The Labute approximate surface area is 320 Å². The van der Waals surface area contributed by atoms with Crippen LogP contribution in [0.2, 0.25) is 0 Å². The molecule has 54 heavy (non-hydrogen) atoms. The first-order valence-corrected chi connectivity index (χ1v) is 19.9. The van der Waals surface area contributed by atoms with Gasteiger partial charge in [0.2, 0.25) is 5.69 Å². The maximum atomic E-state index is 12.3. The van der Waals surface area contributed by atoms with Gasteiger partial charge in [-0.15, -0.1) is 9.40 Å². The minimum atomic E-state index is -4.33. The minimum Gasteiger partial charge on any atom is -0.344 e. The number of fused-ring (bicyclic) bond motifs is 2. The number of carbonyl (C=O) groups is 3. The van der Waals surface area contributed by atoms with Gasteiger partial charge in [-0.3, -0.25) is 14.1 Å².